The van der Waals surface area contributed by atoms with Gasteiger partial charge in [0, 0.05) is 5.56 Å². The highest BCUT2D eigenvalue weighted by atomic mass is 19.3. The molecule has 0 aliphatic carbocycles. The summed E-state index contributed by atoms with van der Waals surface area (Å²) in [5.74, 6) is 1.02. The number of nitrogens with one attached hydrogen (secondary N) is 1. The van der Waals surface area contributed by atoms with Gasteiger partial charge in [0.15, 0.2) is 0 Å². The monoisotopic (exact) mass is 365 g/mol. The molecule has 7 heteroatoms. The molecule has 2 aromatic carbocycles. The highest BCUT2D eigenvalue weighted by molar-refractivity contribution is 5.80. The summed E-state index contributed by atoms with van der Waals surface area (Å²) in [5.41, 5.74) is 1.35. The third kappa shape index (κ3) is 5.34. The molecule has 0 radical (unpaired) electrons. The number of benzene rings is 2. The van der Waals surface area contributed by atoms with Gasteiger partial charge in [0.25, 0.3) is 0 Å². The van der Waals surface area contributed by atoms with Gasteiger partial charge in [-0.2, -0.15) is 8.78 Å². The molecule has 0 saturated heterocycles. The van der Waals surface area contributed by atoms with Gasteiger partial charge in [0.05, 0.1) is 26.7 Å². The topological polar surface area (TPSA) is 56.8 Å². The van der Waals surface area contributed by atoms with E-state index < -0.39 is 6.61 Å². The minimum absolute atomic E-state index is 0.0491. The Balaban J connectivity index is 2.06. The first-order valence-electron chi connectivity index (χ1n) is 7.98. The van der Waals surface area contributed by atoms with E-state index in [4.69, 9.17) is 9.47 Å². The van der Waals surface area contributed by atoms with Gasteiger partial charge in [-0.1, -0.05) is 12.1 Å². The second-order valence-electron chi connectivity index (χ2n) is 5.59. The molecule has 1 N–H and O–H groups in total. The smallest absolute Gasteiger partial charge is 0.387 e. The van der Waals surface area contributed by atoms with Crippen molar-refractivity contribution in [3.8, 4) is 17.2 Å². The molecule has 0 aliphatic rings. The third-order valence-corrected chi connectivity index (χ3v) is 3.80. The van der Waals surface area contributed by atoms with Crippen LogP contribution in [0.5, 0.6) is 17.2 Å². The van der Waals surface area contributed by atoms with Gasteiger partial charge in [-0.3, -0.25) is 4.79 Å². The summed E-state index contributed by atoms with van der Waals surface area (Å²) in [7, 11) is 3.07. The van der Waals surface area contributed by atoms with E-state index in [9.17, 15) is 13.6 Å². The fraction of sp³-hybridized carbons (Fsp3) is 0.316. The number of methoxy groups -OCH3 is 2. The first-order valence-corrected chi connectivity index (χ1v) is 7.98. The fourth-order valence-corrected chi connectivity index (χ4v) is 2.53. The number of carbonyl (C=O) groups excluding carboxylic acids is 1. The number of rotatable bonds is 8. The quantitative estimate of drug-likeness (QED) is 0.775. The van der Waals surface area contributed by atoms with Crippen LogP contribution < -0.4 is 19.5 Å². The Kier molecular flexibility index (Phi) is 6.77. The lowest BCUT2D eigenvalue weighted by Gasteiger charge is -2.16. The number of hydrogen-bond acceptors (Lipinski definition) is 4. The second-order valence-corrected chi connectivity index (χ2v) is 5.59. The average molecular weight is 365 g/mol. The zero-order valence-electron chi connectivity index (χ0n) is 14.8. The largest absolute Gasteiger partial charge is 0.497 e. The fourth-order valence-electron chi connectivity index (χ4n) is 2.53. The molecule has 0 aromatic heterocycles. The standard InChI is InChI=1S/C19H21F2NO4/c1-12(13-5-4-6-16(9-13)26-19(20)21)22-18(23)11-14-10-15(24-2)7-8-17(14)25-3/h4-10,12,19H,11H2,1-3H3,(H,22,23). The van der Waals surface area contributed by atoms with E-state index in [2.05, 4.69) is 10.1 Å². The van der Waals surface area contributed by atoms with Crippen LogP contribution in [0.2, 0.25) is 0 Å². The molecule has 0 saturated carbocycles. The maximum Gasteiger partial charge on any atom is 0.387 e. The SMILES string of the molecule is COc1ccc(OC)c(CC(=O)NC(C)c2cccc(OC(F)F)c2)c1. The maximum atomic E-state index is 12.4. The molecule has 2 rings (SSSR count). The normalized spacial score (nSPS) is 11.8. The van der Waals surface area contributed by atoms with Gasteiger partial charge < -0.3 is 19.5 Å². The van der Waals surface area contributed by atoms with E-state index in [0.29, 0.717) is 22.6 Å². The number of amides is 1. The summed E-state index contributed by atoms with van der Waals surface area (Å²) in [6.45, 7) is -1.13. The van der Waals surface area contributed by atoms with Crippen LogP contribution in [-0.2, 0) is 11.2 Å². The predicted molar refractivity (Wildman–Crippen MR) is 92.9 cm³/mol. The lowest BCUT2D eigenvalue weighted by Crippen LogP contribution is -2.28. The van der Waals surface area contributed by atoms with Crippen molar-refractivity contribution >= 4 is 5.91 Å². The average Bonchev–Trinajstić information content (AvgIpc) is 2.61. The van der Waals surface area contributed by atoms with Crippen LogP contribution in [0.15, 0.2) is 42.5 Å². The predicted octanol–water partition coefficient (Wildman–Crippen LogP) is 3.73. The first kappa shape index (κ1) is 19.5. The minimum Gasteiger partial charge on any atom is -0.497 e. The Morgan fingerprint density at radius 2 is 1.85 bits per heavy atom. The summed E-state index contributed by atoms with van der Waals surface area (Å²) in [6, 6.07) is 11.1. The van der Waals surface area contributed by atoms with Gasteiger partial charge in [-0.05, 0) is 42.8 Å². The van der Waals surface area contributed by atoms with Crippen LogP contribution in [0.4, 0.5) is 8.78 Å². The van der Waals surface area contributed by atoms with Crippen molar-refractivity contribution < 1.29 is 27.8 Å². The maximum absolute atomic E-state index is 12.4. The van der Waals surface area contributed by atoms with Crippen molar-refractivity contribution in [2.75, 3.05) is 14.2 Å². The van der Waals surface area contributed by atoms with Gasteiger partial charge >= 0.3 is 6.61 Å². The molecule has 26 heavy (non-hydrogen) atoms. The second kappa shape index (κ2) is 9.03. The van der Waals surface area contributed by atoms with Gasteiger partial charge in [0.2, 0.25) is 5.91 Å². The summed E-state index contributed by atoms with van der Waals surface area (Å²) in [4.78, 5) is 12.4. The zero-order chi connectivity index (χ0) is 19.1. The van der Waals surface area contributed by atoms with E-state index in [1.807, 2.05) is 0 Å². The Morgan fingerprint density at radius 1 is 1.08 bits per heavy atom. The molecule has 0 heterocycles. The number of ether oxygens (including phenoxy) is 3. The lowest BCUT2D eigenvalue weighted by molar-refractivity contribution is -0.121. The highest BCUT2D eigenvalue weighted by Gasteiger charge is 2.14. The van der Waals surface area contributed by atoms with Crippen molar-refractivity contribution in [1.82, 2.24) is 5.32 Å². The highest BCUT2D eigenvalue weighted by Crippen LogP contribution is 2.25. The van der Waals surface area contributed by atoms with Crippen molar-refractivity contribution in [3.63, 3.8) is 0 Å². The zero-order valence-corrected chi connectivity index (χ0v) is 14.8. The third-order valence-electron chi connectivity index (χ3n) is 3.80. The summed E-state index contributed by atoms with van der Waals surface area (Å²) in [6.07, 6.45) is 0.0952. The van der Waals surface area contributed by atoms with E-state index in [1.54, 1.807) is 44.4 Å². The molecule has 140 valence electrons. The number of hydrogen-bond donors (Lipinski definition) is 1. The van der Waals surface area contributed by atoms with Crippen LogP contribution in [0.3, 0.4) is 0 Å². The molecule has 1 unspecified atom stereocenters. The molecule has 1 amide bonds. The van der Waals surface area contributed by atoms with E-state index in [0.717, 1.165) is 0 Å². The summed E-state index contributed by atoms with van der Waals surface area (Å²) >= 11 is 0. The van der Waals surface area contributed by atoms with Crippen molar-refractivity contribution in [1.29, 1.82) is 0 Å². The van der Waals surface area contributed by atoms with Gasteiger partial charge in [-0.25, -0.2) is 0 Å². The summed E-state index contributed by atoms with van der Waals surface area (Å²) in [5, 5.41) is 2.84. The molecule has 2 aromatic rings. The number of halogens is 2. The van der Waals surface area contributed by atoms with Crippen LogP contribution in [0.25, 0.3) is 0 Å². The van der Waals surface area contributed by atoms with Crippen LogP contribution >= 0.6 is 0 Å². The van der Waals surface area contributed by atoms with E-state index in [1.165, 1.54) is 19.2 Å². The van der Waals surface area contributed by atoms with Crippen molar-refractivity contribution in [3.05, 3.63) is 53.6 Å². The molecule has 0 aliphatic heterocycles. The van der Waals surface area contributed by atoms with Crippen molar-refractivity contribution in [2.45, 2.75) is 26.0 Å². The molecular formula is C19H21F2NO4. The Morgan fingerprint density at radius 3 is 2.50 bits per heavy atom. The minimum atomic E-state index is -2.89. The lowest BCUT2D eigenvalue weighted by atomic mass is 10.1. The number of alkyl halides is 2. The molecule has 0 fully saturated rings. The molecular weight excluding hydrogens is 344 g/mol. The molecule has 0 bridgehead atoms. The van der Waals surface area contributed by atoms with E-state index >= 15 is 0 Å². The van der Waals surface area contributed by atoms with Crippen LogP contribution in [0.1, 0.15) is 24.1 Å². The van der Waals surface area contributed by atoms with Crippen LogP contribution in [-0.4, -0.2) is 26.7 Å². The number of carbonyl (C=O) groups is 1. The van der Waals surface area contributed by atoms with Crippen molar-refractivity contribution in [2.24, 2.45) is 0 Å². The van der Waals surface area contributed by atoms with Crippen LogP contribution in [0, 0.1) is 0 Å². The molecule has 0 spiro atoms. The van der Waals surface area contributed by atoms with Gasteiger partial charge in [0.1, 0.15) is 17.2 Å². The summed E-state index contributed by atoms with van der Waals surface area (Å²) < 4.78 is 39.5. The van der Waals surface area contributed by atoms with Gasteiger partial charge in [-0.15, -0.1) is 0 Å². The molecule has 5 nitrogen and oxygen atoms in total. The molecule has 1 atom stereocenters. The Labute approximate surface area is 150 Å². The Hall–Kier alpha value is -2.83. The first-order chi connectivity index (χ1) is 12.4. The Bertz CT molecular complexity index is 752. The van der Waals surface area contributed by atoms with E-state index in [-0.39, 0.29) is 24.1 Å².